The van der Waals surface area contributed by atoms with Gasteiger partial charge in [0.1, 0.15) is 4.90 Å². The summed E-state index contributed by atoms with van der Waals surface area (Å²) in [6, 6.07) is 1.62. The van der Waals surface area contributed by atoms with Crippen LogP contribution in [0.25, 0.3) is 0 Å². The second kappa shape index (κ2) is 6.55. The number of hydrogen-bond acceptors (Lipinski definition) is 4. The summed E-state index contributed by atoms with van der Waals surface area (Å²) < 4.78 is 52.1. The maximum atomic E-state index is 13.4. The number of hydrogen-bond donors (Lipinski definition) is 2. The number of aliphatic hydroxyl groups is 1. The summed E-state index contributed by atoms with van der Waals surface area (Å²) in [4.78, 5) is 2.16. The van der Waals surface area contributed by atoms with E-state index in [1.165, 1.54) is 0 Å². The Hall–Kier alpha value is -1.12. The van der Waals surface area contributed by atoms with Crippen molar-refractivity contribution in [3.63, 3.8) is 0 Å². The molecule has 8 heteroatoms. The van der Waals surface area contributed by atoms with Crippen molar-refractivity contribution in [2.75, 3.05) is 13.2 Å². The Morgan fingerprint density at radius 2 is 2.00 bits per heavy atom. The van der Waals surface area contributed by atoms with Crippen LogP contribution in [0.4, 0.5) is 8.78 Å². The number of rotatable bonds is 7. The number of sulfonamides is 1. The van der Waals surface area contributed by atoms with Crippen LogP contribution in [0.2, 0.25) is 0 Å². The minimum atomic E-state index is -4.08. The smallest absolute Gasteiger partial charge is 0.245 e. The molecule has 0 spiro atoms. The van der Waals surface area contributed by atoms with Crippen LogP contribution in [-0.2, 0) is 10.0 Å². The third kappa shape index (κ3) is 4.77. The molecule has 1 aromatic heterocycles. The molecule has 5 nitrogen and oxygen atoms in total. The molecule has 0 radical (unpaired) electrons. The Balaban J connectivity index is 2.80. The zero-order valence-corrected chi connectivity index (χ0v) is 12.2. The molecule has 0 fully saturated rings. The molecule has 1 heterocycles. The third-order valence-electron chi connectivity index (χ3n) is 2.82. The molecular formula is C12H18F2N2O3S. The molecule has 0 aliphatic heterocycles. The van der Waals surface area contributed by atoms with E-state index in [4.69, 9.17) is 5.11 Å². The Morgan fingerprint density at radius 3 is 2.55 bits per heavy atom. The molecule has 0 aliphatic rings. The van der Waals surface area contributed by atoms with Gasteiger partial charge in [-0.05, 0) is 30.4 Å². The van der Waals surface area contributed by atoms with Gasteiger partial charge in [-0.25, -0.2) is 13.1 Å². The van der Waals surface area contributed by atoms with Crippen molar-refractivity contribution in [2.24, 2.45) is 5.41 Å². The molecule has 0 bridgehead atoms. The predicted molar refractivity (Wildman–Crippen MR) is 69.4 cm³/mol. The lowest BCUT2D eigenvalue weighted by atomic mass is 9.88. The molecule has 0 atom stereocenters. The monoisotopic (exact) mass is 308 g/mol. The molecule has 0 saturated carbocycles. The summed E-state index contributed by atoms with van der Waals surface area (Å²) in [6.07, 6.45) is 1.15. The summed E-state index contributed by atoms with van der Waals surface area (Å²) in [7, 11) is -4.08. The van der Waals surface area contributed by atoms with Gasteiger partial charge in [-0.2, -0.15) is 13.8 Å². The fourth-order valence-corrected chi connectivity index (χ4v) is 2.86. The first kappa shape index (κ1) is 16.9. The van der Waals surface area contributed by atoms with E-state index in [0.717, 1.165) is 12.1 Å². The summed E-state index contributed by atoms with van der Waals surface area (Å²) in [5.41, 5.74) is -0.389. The van der Waals surface area contributed by atoms with Crippen LogP contribution >= 0.6 is 0 Å². The van der Waals surface area contributed by atoms with Gasteiger partial charge >= 0.3 is 0 Å². The fourth-order valence-electron chi connectivity index (χ4n) is 1.61. The van der Waals surface area contributed by atoms with Crippen LogP contribution in [0.3, 0.4) is 0 Å². The largest absolute Gasteiger partial charge is 0.396 e. The molecule has 0 amide bonds. The van der Waals surface area contributed by atoms with Crippen LogP contribution in [-0.4, -0.2) is 31.7 Å². The average molecular weight is 308 g/mol. The van der Waals surface area contributed by atoms with Crippen molar-refractivity contribution in [3.8, 4) is 0 Å². The van der Waals surface area contributed by atoms with Crippen molar-refractivity contribution in [3.05, 3.63) is 24.0 Å². The number of nitrogens with zero attached hydrogens (tertiary/aromatic N) is 1. The molecule has 0 aliphatic carbocycles. The molecule has 114 valence electrons. The number of nitrogens with one attached hydrogen (secondary N) is 1. The van der Waals surface area contributed by atoms with Crippen molar-refractivity contribution >= 4 is 10.0 Å². The van der Waals surface area contributed by atoms with E-state index in [-0.39, 0.29) is 18.6 Å². The molecule has 2 N–H and O–H groups in total. The highest BCUT2D eigenvalue weighted by atomic mass is 32.2. The maximum absolute atomic E-state index is 13.4. The highest BCUT2D eigenvalue weighted by molar-refractivity contribution is 7.89. The highest BCUT2D eigenvalue weighted by Gasteiger charge is 2.25. The van der Waals surface area contributed by atoms with E-state index >= 15 is 0 Å². The summed E-state index contributed by atoms with van der Waals surface area (Å²) in [6.45, 7) is 3.74. The zero-order chi connectivity index (χ0) is 15.4. The van der Waals surface area contributed by atoms with E-state index in [9.17, 15) is 17.2 Å². The van der Waals surface area contributed by atoms with Gasteiger partial charge < -0.3 is 5.11 Å². The first-order valence-corrected chi connectivity index (χ1v) is 7.59. The van der Waals surface area contributed by atoms with E-state index < -0.39 is 26.8 Å². The third-order valence-corrected chi connectivity index (χ3v) is 4.23. The molecule has 20 heavy (non-hydrogen) atoms. The van der Waals surface area contributed by atoms with Gasteiger partial charge in [0, 0.05) is 13.2 Å². The van der Waals surface area contributed by atoms with Crippen molar-refractivity contribution in [2.45, 2.75) is 31.6 Å². The number of aliphatic hydroxyl groups excluding tert-OH is 1. The second-order valence-electron chi connectivity index (χ2n) is 5.24. The van der Waals surface area contributed by atoms with Crippen molar-refractivity contribution in [1.82, 2.24) is 9.71 Å². The van der Waals surface area contributed by atoms with Crippen LogP contribution in [0, 0.1) is 17.3 Å². The topological polar surface area (TPSA) is 79.3 Å². The normalized spacial score (nSPS) is 12.7. The van der Waals surface area contributed by atoms with E-state index in [1.54, 1.807) is 0 Å². The Labute approximate surface area is 117 Å². The molecule has 1 aromatic rings. The molecule has 0 aromatic carbocycles. The SMILES string of the molecule is CC(C)(CCCO)CNS(=O)(=O)c1ccc(F)nc1F. The Kier molecular flexibility index (Phi) is 5.55. The lowest BCUT2D eigenvalue weighted by Gasteiger charge is -2.24. The van der Waals surface area contributed by atoms with Gasteiger partial charge in [-0.15, -0.1) is 0 Å². The standard InChI is InChI=1S/C12H18F2N2O3S/c1-12(2,6-3-7-17)8-15-20(18,19)9-4-5-10(13)16-11(9)14/h4-5,15,17H,3,6-8H2,1-2H3. The van der Waals surface area contributed by atoms with Gasteiger partial charge in [0.05, 0.1) is 0 Å². The van der Waals surface area contributed by atoms with Crippen LogP contribution in [0.5, 0.6) is 0 Å². The molecule has 0 saturated heterocycles. The summed E-state index contributed by atoms with van der Waals surface area (Å²) >= 11 is 0. The molecular weight excluding hydrogens is 290 g/mol. The molecule has 1 rings (SSSR count). The Bertz CT molecular complexity index is 562. The molecule has 0 unspecified atom stereocenters. The van der Waals surface area contributed by atoms with Gasteiger partial charge in [-0.1, -0.05) is 13.8 Å². The maximum Gasteiger partial charge on any atom is 0.245 e. The average Bonchev–Trinajstić information content (AvgIpc) is 2.34. The van der Waals surface area contributed by atoms with Gasteiger partial charge in [0.15, 0.2) is 0 Å². The van der Waals surface area contributed by atoms with Gasteiger partial charge in [0.25, 0.3) is 0 Å². The lowest BCUT2D eigenvalue weighted by Crippen LogP contribution is -2.34. The van der Waals surface area contributed by atoms with E-state index in [2.05, 4.69) is 9.71 Å². The zero-order valence-electron chi connectivity index (χ0n) is 11.4. The minimum Gasteiger partial charge on any atom is -0.396 e. The van der Waals surface area contributed by atoms with Gasteiger partial charge in [-0.3, -0.25) is 0 Å². The van der Waals surface area contributed by atoms with E-state index in [1.807, 2.05) is 13.8 Å². The number of aromatic nitrogens is 1. The van der Waals surface area contributed by atoms with Crippen molar-refractivity contribution < 1.29 is 22.3 Å². The van der Waals surface area contributed by atoms with Gasteiger partial charge in [0.2, 0.25) is 21.9 Å². The van der Waals surface area contributed by atoms with Crippen molar-refractivity contribution in [1.29, 1.82) is 0 Å². The number of pyridine rings is 1. The first-order valence-electron chi connectivity index (χ1n) is 6.10. The second-order valence-corrected chi connectivity index (χ2v) is 6.97. The summed E-state index contributed by atoms with van der Waals surface area (Å²) in [5.74, 6) is -2.45. The lowest BCUT2D eigenvalue weighted by molar-refractivity contribution is 0.242. The quantitative estimate of drug-likeness (QED) is 0.747. The van der Waals surface area contributed by atoms with Crippen LogP contribution in [0.1, 0.15) is 26.7 Å². The van der Waals surface area contributed by atoms with Crippen LogP contribution in [0.15, 0.2) is 17.0 Å². The van der Waals surface area contributed by atoms with Crippen LogP contribution < -0.4 is 4.72 Å². The highest BCUT2D eigenvalue weighted by Crippen LogP contribution is 2.22. The summed E-state index contributed by atoms with van der Waals surface area (Å²) in [5, 5.41) is 8.77. The Morgan fingerprint density at radius 1 is 1.35 bits per heavy atom. The predicted octanol–water partition coefficient (Wildman–Crippen LogP) is 1.44. The minimum absolute atomic E-state index is 0.0205. The van der Waals surface area contributed by atoms with E-state index in [0.29, 0.717) is 12.8 Å². The first-order chi connectivity index (χ1) is 9.18. The fraction of sp³-hybridized carbons (Fsp3) is 0.583. The number of halogens is 2.